The Morgan fingerprint density at radius 2 is 1.45 bits per heavy atom. The third-order valence-corrected chi connectivity index (χ3v) is 6.30. The number of hydrogen-bond acceptors (Lipinski definition) is 1. The van der Waals surface area contributed by atoms with Gasteiger partial charge in [-0.2, -0.15) is 0 Å². The topological polar surface area (TPSA) is 20.3 Å². The molecule has 0 atom stereocenters. The maximum absolute atomic E-state index is 12.6. The summed E-state index contributed by atoms with van der Waals surface area (Å²) in [5.41, 5.74) is -0.136. The van der Waals surface area contributed by atoms with Crippen LogP contribution in [-0.2, 0) is 4.79 Å². The van der Waals surface area contributed by atoms with Crippen LogP contribution in [0.5, 0.6) is 0 Å². The van der Waals surface area contributed by atoms with Crippen molar-refractivity contribution in [3.63, 3.8) is 0 Å². The monoisotopic (exact) mass is 301 g/mol. The molecule has 2 aliphatic carbocycles. The van der Waals surface area contributed by atoms with E-state index >= 15 is 0 Å². The van der Waals surface area contributed by atoms with Crippen LogP contribution in [0.4, 0.5) is 0 Å². The van der Waals surface area contributed by atoms with Crippen LogP contribution in [0.2, 0.25) is 0 Å². The minimum Gasteiger partial charge on any atom is -0.326 e. The van der Waals surface area contributed by atoms with Gasteiger partial charge in [0.1, 0.15) is 5.54 Å². The summed E-state index contributed by atoms with van der Waals surface area (Å²) in [4.78, 5) is 14.9. The summed E-state index contributed by atoms with van der Waals surface area (Å²) in [6.07, 6.45) is 14.9. The van der Waals surface area contributed by atoms with Crippen molar-refractivity contribution in [2.45, 2.75) is 89.5 Å². The van der Waals surface area contributed by atoms with Gasteiger partial charge < -0.3 is 4.90 Å². The van der Waals surface area contributed by atoms with E-state index in [9.17, 15) is 4.79 Å². The van der Waals surface area contributed by atoms with Gasteiger partial charge in [-0.1, -0.05) is 44.4 Å². The second kappa shape index (κ2) is 7.07. The summed E-state index contributed by atoms with van der Waals surface area (Å²) < 4.78 is 0. The second-order valence-electron chi connectivity index (χ2n) is 7.52. The molecule has 0 unspecified atom stereocenters. The molecule has 22 heavy (non-hydrogen) atoms. The molecule has 0 radical (unpaired) electrons. The molecule has 0 spiro atoms. The van der Waals surface area contributed by atoms with E-state index in [1.807, 2.05) is 6.92 Å². The van der Waals surface area contributed by atoms with Crippen molar-refractivity contribution in [1.29, 1.82) is 0 Å². The number of nitrogens with zero attached hydrogens (tertiary/aromatic N) is 1. The van der Waals surface area contributed by atoms with Crippen LogP contribution in [0, 0.1) is 23.7 Å². The average Bonchev–Trinajstić information content (AvgIpc) is 3.01. The predicted molar refractivity (Wildman–Crippen MR) is 90.3 cm³/mol. The molecule has 3 aliphatic rings. The number of rotatable bonds is 3. The summed E-state index contributed by atoms with van der Waals surface area (Å²) in [6.45, 7) is 2.92. The van der Waals surface area contributed by atoms with Crippen molar-refractivity contribution in [1.82, 2.24) is 4.90 Å². The fourth-order valence-electron chi connectivity index (χ4n) is 5.37. The van der Waals surface area contributed by atoms with Gasteiger partial charge in [-0.05, 0) is 50.9 Å². The SMILES string of the molecule is CC#CC(C1CCCCC1)(C1CCCCC1)N1CCCC1=O. The lowest BCUT2D eigenvalue weighted by Gasteiger charge is -2.51. The first kappa shape index (κ1) is 15.9. The van der Waals surface area contributed by atoms with Gasteiger partial charge in [0, 0.05) is 13.0 Å². The van der Waals surface area contributed by atoms with Gasteiger partial charge in [0.25, 0.3) is 0 Å². The zero-order chi connectivity index (χ0) is 15.4. The lowest BCUT2D eigenvalue weighted by atomic mass is 9.63. The van der Waals surface area contributed by atoms with Gasteiger partial charge in [0.05, 0.1) is 0 Å². The highest BCUT2D eigenvalue weighted by molar-refractivity contribution is 5.79. The quantitative estimate of drug-likeness (QED) is 0.701. The molecule has 0 bridgehead atoms. The molecule has 0 N–H and O–H groups in total. The van der Waals surface area contributed by atoms with Crippen LogP contribution in [0.25, 0.3) is 0 Å². The minimum absolute atomic E-state index is 0.136. The fourth-order valence-corrected chi connectivity index (χ4v) is 5.37. The molecular formula is C20H31NO. The first-order valence-corrected chi connectivity index (χ1v) is 9.53. The van der Waals surface area contributed by atoms with Crippen LogP contribution in [0.15, 0.2) is 0 Å². The molecule has 1 aliphatic heterocycles. The van der Waals surface area contributed by atoms with Crippen molar-refractivity contribution in [3.8, 4) is 11.8 Å². The lowest BCUT2D eigenvalue weighted by Crippen LogP contribution is -2.59. The van der Waals surface area contributed by atoms with Gasteiger partial charge in [-0.25, -0.2) is 0 Å². The number of carbonyl (C=O) groups excluding carboxylic acids is 1. The van der Waals surface area contributed by atoms with E-state index in [4.69, 9.17) is 0 Å². The van der Waals surface area contributed by atoms with Crippen molar-refractivity contribution in [3.05, 3.63) is 0 Å². The zero-order valence-corrected chi connectivity index (χ0v) is 14.2. The third kappa shape index (κ3) is 2.80. The Kier molecular flexibility index (Phi) is 5.11. The van der Waals surface area contributed by atoms with Crippen molar-refractivity contribution < 1.29 is 4.79 Å². The summed E-state index contributed by atoms with van der Waals surface area (Å²) in [5.74, 6) is 8.51. The molecule has 1 heterocycles. The van der Waals surface area contributed by atoms with E-state index in [1.54, 1.807) is 0 Å². The standard InChI is InChI=1S/C20H31NO/c1-2-15-20(17-10-5-3-6-11-17,18-12-7-4-8-13-18)21-16-9-14-19(21)22/h17-18H,3-14,16H2,1H3. The maximum atomic E-state index is 12.6. The normalized spacial score (nSPS) is 25.1. The molecule has 3 fully saturated rings. The van der Waals surface area contributed by atoms with Gasteiger partial charge in [0.2, 0.25) is 5.91 Å². The van der Waals surface area contributed by atoms with Crippen LogP contribution < -0.4 is 0 Å². The summed E-state index contributed by atoms with van der Waals surface area (Å²) >= 11 is 0. The Bertz CT molecular complexity index is 428. The highest BCUT2D eigenvalue weighted by atomic mass is 16.2. The number of amides is 1. The number of carbonyl (C=O) groups is 1. The Labute approximate surface area is 136 Å². The number of likely N-dealkylation sites (tertiary alicyclic amines) is 1. The van der Waals surface area contributed by atoms with E-state index in [-0.39, 0.29) is 5.54 Å². The molecular weight excluding hydrogens is 270 g/mol. The summed E-state index contributed by atoms with van der Waals surface area (Å²) in [5, 5.41) is 0. The van der Waals surface area contributed by atoms with Crippen LogP contribution in [0.1, 0.15) is 84.0 Å². The van der Waals surface area contributed by atoms with Crippen LogP contribution in [0.3, 0.4) is 0 Å². The molecule has 3 rings (SSSR count). The highest BCUT2D eigenvalue weighted by Gasteiger charge is 2.51. The van der Waals surface area contributed by atoms with Gasteiger partial charge in [0.15, 0.2) is 0 Å². The van der Waals surface area contributed by atoms with Crippen LogP contribution in [-0.4, -0.2) is 22.9 Å². The zero-order valence-electron chi connectivity index (χ0n) is 14.2. The van der Waals surface area contributed by atoms with E-state index in [2.05, 4.69) is 16.7 Å². The Morgan fingerprint density at radius 3 is 1.86 bits per heavy atom. The first-order valence-electron chi connectivity index (χ1n) is 9.53. The average molecular weight is 301 g/mol. The fraction of sp³-hybridized carbons (Fsp3) is 0.850. The largest absolute Gasteiger partial charge is 0.326 e. The molecule has 0 aromatic carbocycles. The van der Waals surface area contributed by atoms with Crippen LogP contribution >= 0.6 is 0 Å². The third-order valence-electron chi connectivity index (χ3n) is 6.30. The minimum atomic E-state index is -0.136. The Balaban J connectivity index is 1.99. The maximum Gasteiger partial charge on any atom is 0.223 e. The molecule has 2 nitrogen and oxygen atoms in total. The van der Waals surface area contributed by atoms with E-state index in [0.29, 0.717) is 17.7 Å². The predicted octanol–water partition coefficient (Wildman–Crippen LogP) is 4.53. The van der Waals surface area contributed by atoms with Crippen molar-refractivity contribution in [2.75, 3.05) is 6.54 Å². The molecule has 1 amide bonds. The van der Waals surface area contributed by atoms with Gasteiger partial charge >= 0.3 is 0 Å². The lowest BCUT2D eigenvalue weighted by molar-refractivity contribution is -0.136. The summed E-state index contributed by atoms with van der Waals surface area (Å²) in [7, 11) is 0. The highest BCUT2D eigenvalue weighted by Crippen LogP contribution is 2.47. The number of hydrogen-bond donors (Lipinski definition) is 0. The van der Waals surface area contributed by atoms with E-state index in [1.165, 1.54) is 64.2 Å². The molecule has 1 saturated heterocycles. The smallest absolute Gasteiger partial charge is 0.223 e. The second-order valence-corrected chi connectivity index (χ2v) is 7.52. The van der Waals surface area contributed by atoms with Crippen molar-refractivity contribution in [2.24, 2.45) is 11.8 Å². The van der Waals surface area contributed by atoms with Crippen molar-refractivity contribution >= 4 is 5.91 Å². The van der Waals surface area contributed by atoms with Gasteiger partial charge in [-0.15, -0.1) is 5.92 Å². The van der Waals surface area contributed by atoms with E-state index in [0.717, 1.165) is 19.4 Å². The Hall–Kier alpha value is -0.970. The summed E-state index contributed by atoms with van der Waals surface area (Å²) in [6, 6.07) is 0. The van der Waals surface area contributed by atoms with Gasteiger partial charge in [-0.3, -0.25) is 4.79 Å². The molecule has 0 aromatic heterocycles. The molecule has 2 heteroatoms. The molecule has 2 saturated carbocycles. The first-order chi connectivity index (χ1) is 10.8. The molecule has 122 valence electrons. The Morgan fingerprint density at radius 1 is 0.909 bits per heavy atom. The molecule has 0 aromatic rings. The van der Waals surface area contributed by atoms with E-state index < -0.39 is 0 Å².